The van der Waals surface area contributed by atoms with Gasteiger partial charge in [-0.2, -0.15) is 0 Å². The topological polar surface area (TPSA) is 20.2 Å². The second-order valence-corrected chi connectivity index (χ2v) is 2.48. The quantitative estimate of drug-likeness (QED) is 0.712. The molecule has 1 nitrogen and oxygen atoms in total. The van der Waals surface area contributed by atoms with Gasteiger partial charge in [0.2, 0.25) is 6.36 Å². The molecule has 0 amide bonds. The van der Waals surface area contributed by atoms with E-state index in [0.717, 1.165) is 0 Å². The van der Waals surface area contributed by atoms with E-state index in [1.807, 2.05) is 0 Å². The minimum absolute atomic E-state index is 3.38. The fourth-order valence-corrected chi connectivity index (χ4v) is 0.642. The summed E-state index contributed by atoms with van der Waals surface area (Å²) < 4.78 is 83.4. The van der Waals surface area contributed by atoms with E-state index in [-0.39, 0.29) is 0 Å². The predicted molar refractivity (Wildman–Crippen MR) is 32.7 cm³/mol. The highest BCUT2D eigenvalue weighted by atomic mass is 19.3. The van der Waals surface area contributed by atoms with Crippen LogP contribution in [0.2, 0.25) is 0 Å². The average molecular weight is 228 g/mol. The molecule has 0 aliphatic heterocycles. The molecular weight excluding hydrogens is 221 g/mol. The van der Waals surface area contributed by atoms with Crippen LogP contribution in [-0.4, -0.2) is 42.6 Å². The van der Waals surface area contributed by atoms with Gasteiger partial charge in [0.05, 0.1) is 0 Å². The smallest absolute Gasteiger partial charge is 0.272 e. The first kappa shape index (κ1) is 13.5. The zero-order valence-electron chi connectivity index (χ0n) is 6.56. The van der Waals surface area contributed by atoms with Crippen LogP contribution in [0.25, 0.3) is 0 Å². The van der Waals surface area contributed by atoms with E-state index in [4.69, 9.17) is 5.11 Å². The molecule has 0 aromatic rings. The van der Waals surface area contributed by atoms with Gasteiger partial charge in [-0.05, 0) is 0 Å². The normalized spacial score (nSPS) is 22.9. The number of hydrogen-bond donors (Lipinski definition) is 1. The summed E-state index contributed by atoms with van der Waals surface area (Å²) in [6.45, 7) is 0. The largest absolute Gasteiger partial charge is 0.362 e. The fourth-order valence-electron chi connectivity index (χ4n) is 0.642. The molecule has 0 saturated carbocycles. The standard InChI is InChI=1S/C6H7F7O/c7-1(3(9)5(11)12)2(8)4(10)6(13)14/h1-6,14H. The lowest BCUT2D eigenvalue weighted by Gasteiger charge is -2.19. The molecule has 86 valence electrons. The van der Waals surface area contributed by atoms with Crippen molar-refractivity contribution in [2.45, 2.75) is 37.5 Å². The van der Waals surface area contributed by atoms with E-state index in [2.05, 4.69) is 0 Å². The number of halogens is 7. The summed E-state index contributed by atoms with van der Waals surface area (Å²) in [5, 5.41) is 7.80. The van der Waals surface area contributed by atoms with E-state index in [1.54, 1.807) is 0 Å². The van der Waals surface area contributed by atoms with Crippen molar-refractivity contribution < 1.29 is 35.8 Å². The van der Waals surface area contributed by atoms with Gasteiger partial charge in [0.1, 0.15) is 0 Å². The van der Waals surface area contributed by atoms with Gasteiger partial charge in [0, 0.05) is 0 Å². The van der Waals surface area contributed by atoms with Crippen molar-refractivity contribution in [1.29, 1.82) is 0 Å². The molecule has 0 spiro atoms. The third kappa shape index (κ3) is 3.32. The molecule has 0 rings (SSSR count). The van der Waals surface area contributed by atoms with Gasteiger partial charge in [-0.25, -0.2) is 30.7 Å². The van der Waals surface area contributed by atoms with Crippen LogP contribution in [0.1, 0.15) is 0 Å². The van der Waals surface area contributed by atoms with Crippen LogP contribution < -0.4 is 0 Å². The van der Waals surface area contributed by atoms with E-state index >= 15 is 0 Å². The lowest BCUT2D eigenvalue weighted by Crippen LogP contribution is -2.41. The molecule has 0 aromatic carbocycles. The minimum Gasteiger partial charge on any atom is -0.362 e. The highest BCUT2D eigenvalue weighted by Gasteiger charge is 2.43. The van der Waals surface area contributed by atoms with Gasteiger partial charge >= 0.3 is 0 Å². The second-order valence-electron chi connectivity index (χ2n) is 2.48. The molecule has 0 heterocycles. The van der Waals surface area contributed by atoms with E-state index in [1.165, 1.54) is 0 Å². The number of rotatable bonds is 5. The van der Waals surface area contributed by atoms with Crippen molar-refractivity contribution in [2.75, 3.05) is 0 Å². The molecule has 0 saturated heterocycles. The van der Waals surface area contributed by atoms with Gasteiger partial charge in [0.25, 0.3) is 6.43 Å². The van der Waals surface area contributed by atoms with Crippen LogP contribution in [-0.2, 0) is 0 Å². The van der Waals surface area contributed by atoms with Crippen LogP contribution in [0.3, 0.4) is 0 Å². The monoisotopic (exact) mass is 228 g/mol. The lowest BCUT2D eigenvalue weighted by atomic mass is 10.1. The summed E-state index contributed by atoms with van der Waals surface area (Å²) in [6.07, 6.45) is -21.2. The molecule has 0 fully saturated rings. The van der Waals surface area contributed by atoms with Crippen molar-refractivity contribution in [3.8, 4) is 0 Å². The van der Waals surface area contributed by atoms with Crippen molar-refractivity contribution in [3.63, 3.8) is 0 Å². The van der Waals surface area contributed by atoms with Gasteiger partial charge in [-0.1, -0.05) is 0 Å². The maximum atomic E-state index is 12.3. The first-order valence-corrected chi connectivity index (χ1v) is 3.45. The summed E-state index contributed by atoms with van der Waals surface area (Å²) >= 11 is 0. The van der Waals surface area contributed by atoms with E-state index in [9.17, 15) is 30.7 Å². The molecule has 0 aliphatic rings. The summed E-state index contributed by atoms with van der Waals surface area (Å²) in [4.78, 5) is 0. The maximum Gasteiger partial charge on any atom is 0.272 e. The Bertz CT molecular complexity index is 146. The van der Waals surface area contributed by atoms with Gasteiger partial charge < -0.3 is 5.11 Å². The summed E-state index contributed by atoms with van der Waals surface area (Å²) in [7, 11) is 0. The number of aliphatic hydroxyl groups is 1. The minimum atomic E-state index is -3.84. The molecule has 8 heteroatoms. The van der Waals surface area contributed by atoms with Crippen molar-refractivity contribution in [3.05, 3.63) is 0 Å². The third-order valence-electron chi connectivity index (χ3n) is 1.42. The van der Waals surface area contributed by atoms with Gasteiger partial charge in [-0.15, -0.1) is 0 Å². The molecule has 1 N–H and O–H groups in total. The molecule has 0 aromatic heterocycles. The molecule has 0 bridgehead atoms. The molecule has 0 radical (unpaired) electrons. The Morgan fingerprint density at radius 1 is 0.571 bits per heavy atom. The molecular formula is C6H7F7O. The van der Waals surface area contributed by atoms with Crippen LogP contribution in [0.15, 0.2) is 0 Å². The van der Waals surface area contributed by atoms with Crippen molar-refractivity contribution in [2.24, 2.45) is 0 Å². The SMILES string of the molecule is OC(F)C(F)C(F)C(F)C(F)C(F)F. The van der Waals surface area contributed by atoms with Gasteiger partial charge in [0.15, 0.2) is 24.7 Å². The summed E-state index contributed by atoms with van der Waals surface area (Å²) in [5.41, 5.74) is 0. The Morgan fingerprint density at radius 2 is 0.929 bits per heavy atom. The van der Waals surface area contributed by atoms with Crippen molar-refractivity contribution in [1.82, 2.24) is 0 Å². The van der Waals surface area contributed by atoms with E-state index < -0.39 is 37.5 Å². The molecule has 5 atom stereocenters. The second kappa shape index (κ2) is 5.38. The zero-order chi connectivity index (χ0) is 11.5. The zero-order valence-corrected chi connectivity index (χ0v) is 6.56. The van der Waals surface area contributed by atoms with Crippen LogP contribution in [0.5, 0.6) is 0 Å². The predicted octanol–water partition coefficient (Wildman–Crippen LogP) is 1.89. The highest BCUT2D eigenvalue weighted by molar-refractivity contribution is 4.84. The maximum absolute atomic E-state index is 12.3. The molecule has 0 aliphatic carbocycles. The van der Waals surface area contributed by atoms with Crippen LogP contribution in [0, 0.1) is 0 Å². The van der Waals surface area contributed by atoms with Crippen molar-refractivity contribution >= 4 is 0 Å². The lowest BCUT2D eigenvalue weighted by molar-refractivity contribution is -0.0961. The Hall–Kier alpha value is -0.530. The Morgan fingerprint density at radius 3 is 1.21 bits per heavy atom. The van der Waals surface area contributed by atoms with E-state index in [0.29, 0.717) is 0 Å². The first-order valence-electron chi connectivity index (χ1n) is 3.45. The first-order chi connectivity index (χ1) is 6.29. The Kier molecular flexibility index (Phi) is 5.17. The average Bonchev–Trinajstić information content (AvgIpc) is 2.12. The van der Waals surface area contributed by atoms with Crippen LogP contribution in [0.4, 0.5) is 30.7 Å². The third-order valence-corrected chi connectivity index (χ3v) is 1.42. The Balaban J connectivity index is 4.30. The summed E-state index contributed by atoms with van der Waals surface area (Å²) in [6, 6.07) is 0. The fraction of sp³-hybridized carbons (Fsp3) is 1.00. The Labute approximate surface area is 74.5 Å². The molecule has 14 heavy (non-hydrogen) atoms. The highest BCUT2D eigenvalue weighted by Crippen LogP contribution is 2.23. The molecule has 5 unspecified atom stereocenters. The number of hydrogen-bond acceptors (Lipinski definition) is 1. The number of aliphatic hydroxyl groups excluding tert-OH is 1. The van der Waals surface area contributed by atoms with Crippen LogP contribution >= 0.6 is 0 Å². The number of alkyl halides is 7. The summed E-state index contributed by atoms with van der Waals surface area (Å²) in [5.74, 6) is 0. The van der Waals surface area contributed by atoms with Gasteiger partial charge in [-0.3, -0.25) is 0 Å².